The van der Waals surface area contributed by atoms with E-state index in [9.17, 15) is 8.76 Å². The van der Waals surface area contributed by atoms with Crippen LogP contribution in [0.1, 0.15) is 32.6 Å². The lowest BCUT2D eigenvalue weighted by Gasteiger charge is -2.35. The van der Waals surface area contributed by atoms with Gasteiger partial charge in [-0.2, -0.15) is 0 Å². The van der Waals surface area contributed by atoms with Gasteiger partial charge in [-0.3, -0.25) is 9.11 Å². The minimum absolute atomic E-state index is 0.378. The molecule has 0 bridgehead atoms. The first-order valence-corrected chi connectivity index (χ1v) is 7.46. The minimum Gasteiger partial charge on any atom is -0.771 e. The van der Waals surface area contributed by atoms with Crippen molar-refractivity contribution in [3.63, 3.8) is 0 Å². The van der Waals surface area contributed by atoms with E-state index in [2.05, 4.69) is 10.2 Å². The van der Waals surface area contributed by atoms with Crippen LogP contribution in [0.4, 0.5) is 0 Å². The summed E-state index contributed by atoms with van der Waals surface area (Å²) in [4.78, 5) is 2.05. The lowest BCUT2D eigenvalue weighted by atomic mass is 10.1. The molecule has 5 nitrogen and oxygen atoms in total. The van der Waals surface area contributed by atoms with Gasteiger partial charge in [-0.1, -0.05) is 6.42 Å². The Bertz CT molecular complexity index is 233. The van der Waals surface area contributed by atoms with Crippen molar-refractivity contribution in [3.8, 4) is 0 Å². The molecule has 1 rings (SSSR count). The van der Waals surface area contributed by atoms with Crippen LogP contribution in [-0.2, 0) is 11.1 Å². The maximum atomic E-state index is 11.2. The van der Waals surface area contributed by atoms with E-state index in [-0.39, 0.29) is 11.5 Å². The van der Waals surface area contributed by atoms with Gasteiger partial charge in [0.1, 0.15) is 0 Å². The van der Waals surface area contributed by atoms with E-state index in [4.69, 9.17) is 5.11 Å². The van der Waals surface area contributed by atoms with Gasteiger partial charge in [0.25, 0.3) is 0 Å². The highest BCUT2D eigenvalue weighted by Crippen LogP contribution is 2.15. The van der Waals surface area contributed by atoms with Crippen molar-refractivity contribution < 1.29 is 13.9 Å². The van der Waals surface area contributed by atoms with Gasteiger partial charge in [-0.15, -0.1) is 0 Å². The van der Waals surface area contributed by atoms with Crippen molar-refractivity contribution in [2.24, 2.45) is 0 Å². The molecule has 6 heteroatoms. The van der Waals surface area contributed by atoms with Crippen LogP contribution < -0.4 is 5.32 Å². The highest BCUT2D eigenvalue weighted by atomic mass is 32.2. The van der Waals surface area contributed by atoms with Crippen molar-refractivity contribution in [1.29, 1.82) is 0 Å². The number of aliphatic hydroxyl groups excluding tert-OH is 1. The molecule has 17 heavy (non-hydrogen) atoms. The van der Waals surface area contributed by atoms with Crippen LogP contribution in [0.2, 0.25) is 0 Å². The van der Waals surface area contributed by atoms with Crippen LogP contribution in [0, 0.1) is 0 Å². The van der Waals surface area contributed by atoms with Gasteiger partial charge in [0, 0.05) is 6.54 Å². The molecule has 0 aromatic rings. The molecule has 0 amide bonds. The summed E-state index contributed by atoms with van der Waals surface area (Å²) in [6.07, 6.45) is 3.59. The van der Waals surface area contributed by atoms with Crippen molar-refractivity contribution in [2.45, 2.75) is 44.1 Å². The van der Waals surface area contributed by atoms with Crippen LogP contribution in [-0.4, -0.2) is 56.4 Å². The highest BCUT2D eigenvalue weighted by Gasteiger charge is 2.20. The lowest BCUT2D eigenvalue weighted by Crippen LogP contribution is -2.43. The Hall–Kier alpha value is -0.0100. The molecule has 1 saturated heterocycles. The lowest BCUT2D eigenvalue weighted by molar-refractivity contribution is 0.182. The molecule has 0 spiro atoms. The average Bonchev–Trinajstić information content (AvgIpc) is 2.29. The summed E-state index contributed by atoms with van der Waals surface area (Å²) in [5.74, 6) is 0. The summed E-state index contributed by atoms with van der Waals surface area (Å²) < 4.78 is 22.4. The van der Waals surface area contributed by atoms with Crippen molar-refractivity contribution in [2.75, 3.05) is 26.2 Å². The number of likely N-dealkylation sites (tertiary alicyclic amines) is 1. The number of nitrogens with zero attached hydrogens (tertiary/aromatic N) is 1. The molecule has 0 aliphatic carbocycles. The molecule has 3 unspecified atom stereocenters. The largest absolute Gasteiger partial charge is 0.771 e. The number of hydrogen-bond donors (Lipinski definition) is 2. The smallest absolute Gasteiger partial charge is 0.0738 e. The Morgan fingerprint density at radius 2 is 2.06 bits per heavy atom. The van der Waals surface area contributed by atoms with Crippen molar-refractivity contribution in [3.05, 3.63) is 0 Å². The number of hydrogen-bond acceptors (Lipinski definition) is 5. The van der Waals surface area contributed by atoms with E-state index in [1.165, 1.54) is 6.42 Å². The Labute approximate surface area is 106 Å². The number of aliphatic hydroxyl groups is 1. The predicted octanol–water partition coefficient (Wildman–Crippen LogP) is 0.0380. The Morgan fingerprint density at radius 1 is 1.41 bits per heavy atom. The van der Waals surface area contributed by atoms with Crippen LogP contribution >= 0.6 is 0 Å². The number of nitrogens with one attached hydrogen (secondary N) is 1. The van der Waals surface area contributed by atoms with Crippen LogP contribution in [0.3, 0.4) is 0 Å². The van der Waals surface area contributed by atoms with E-state index in [1.54, 1.807) is 6.92 Å². The fraction of sp³-hybridized carbons (Fsp3) is 1.00. The minimum atomic E-state index is -2.04. The molecule has 1 aliphatic heterocycles. The van der Waals surface area contributed by atoms with Gasteiger partial charge in [-0.05, 0) is 56.9 Å². The van der Waals surface area contributed by atoms with Gasteiger partial charge in [0.05, 0.1) is 11.5 Å². The summed E-state index contributed by atoms with van der Waals surface area (Å²) in [6.45, 7) is 4.61. The first-order valence-electron chi connectivity index (χ1n) is 6.32. The third-order valence-corrected chi connectivity index (χ3v) is 4.01. The van der Waals surface area contributed by atoms with E-state index < -0.39 is 11.1 Å². The maximum Gasteiger partial charge on any atom is 0.0738 e. The number of rotatable bonds is 7. The monoisotopic (exact) mass is 263 g/mol. The fourth-order valence-corrected chi connectivity index (χ4v) is 2.91. The zero-order valence-corrected chi connectivity index (χ0v) is 11.2. The van der Waals surface area contributed by atoms with Crippen LogP contribution in [0.25, 0.3) is 0 Å². The molecular weight excluding hydrogens is 240 g/mol. The van der Waals surface area contributed by atoms with E-state index in [0.29, 0.717) is 19.5 Å². The summed E-state index contributed by atoms with van der Waals surface area (Å²) in [6, 6.07) is 0. The van der Waals surface area contributed by atoms with E-state index in [1.807, 2.05) is 0 Å². The van der Waals surface area contributed by atoms with E-state index in [0.717, 1.165) is 25.9 Å². The summed E-state index contributed by atoms with van der Waals surface area (Å²) in [7, 11) is 0. The molecular formula is C11H23N2O3S-. The Morgan fingerprint density at radius 3 is 2.59 bits per heavy atom. The van der Waals surface area contributed by atoms with Gasteiger partial charge in [-0.25, -0.2) is 0 Å². The number of piperidine rings is 1. The van der Waals surface area contributed by atoms with Gasteiger partial charge in [0.15, 0.2) is 0 Å². The Balaban J connectivity index is 2.30. The van der Waals surface area contributed by atoms with Gasteiger partial charge >= 0.3 is 0 Å². The van der Waals surface area contributed by atoms with Gasteiger partial charge in [0.2, 0.25) is 0 Å². The first kappa shape index (κ1) is 15.0. The van der Waals surface area contributed by atoms with Gasteiger partial charge < -0.3 is 15.0 Å². The van der Waals surface area contributed by atoms with Crippen LogP contribution in [0.5, 0.6) is 0 Å². The van der Waals surface area contributed by atoms with Crippen molar-refractivity contribution >= 4 is 11.1 Å². The molecule has 0 aromatic carbocycles. The summed E-state index contributed by atoms with van der Waals surface area (Å²) >= 11 is -2.04. The fourth-order valence-electron chi connectivity index (χ4n) is 2.14. The zero-order chi connectivity index (χ0) is 12.7. The molecule has 102 valence electrons. The Kier molecular flexibility index (Phi) is 7.22. The van der Waals surface area contributed by atoms with Crippen molar-refractivity contribution in [1.82, 2.24) is 10.2 Å². The zero-order valence-electron chi connectivity index (χ0n) is 10.4. The second kappa shape index (κ2) is 8.16. The first-order chi connectivity index (χ1) is 8.11. The molecule has 0 saturated carbocycles. The SMILES string of the molecule is CC(O)CNCCC(N1CCCCC1)S(=O)[O-]. The molecule has 2 N–H and O–H groups in total. The third kappa shape index (κ3) is 5.92. The highest BCUT2D eigenvalue weighted by molar-refractivity contribution is 7.79. The molecule has 0 radical (unpaired) electrons. The summed E-state index contributed by atoms with van der Waals surface area (Å²) in [5, 5.41) is 11.8. The van der Waals surface area contributed by atoms with E-state index >= 15 is 0 Å². The average molecular weight is 263 g/mol. The second-order valence-corrected chi connectivity index (χ2v) is 5.72. The quantitative estimate of drug-likeness (QED) is 0.501. The topological polar surface area (TPSA) is 75.6 Å². The van der Waals surface area contributed by atoms with Crippen LogP contribution in [0.15, 0.2) is 0 Å². The standard InChI is InChI=1S/C11H24N2O3S/c1-10(14)9-12-6-5-11(17(15)16)13-7-3-2-4-8-13/h10-12,14H,2-9H2,1H3,(H,15,16)/p-1. The summed E-state index contributed by atoms with van der Waals surface area (Å²) in [5.41, 5.74) is 0. The predicted molar refractivity (Wildman–Crippen MR) is 67.3 cm³/mol. The molecule has 1 fully saturated rings. The second-order valence-electron chi connectivity index (χ2n) is 4.65. The molecule has 1 heterocycles. The third-order valence-electron chi connectivity index (χ3n) is 3.03. The molecule has 3 atom stereocenters. The normalized spacial score (nSPS) is 23.2. The maximum absolute atomic E-state index is 11.2. The molecule has 1 aliphatic rings. The molecule has 0 aromatic heterocycles.